The summed E-state index contributed by atoms with van der Waals surface area (Å²) in [7, 11) is 0. The van der Waals surface area contributed by atoms with Gasteiger partial charge in [-0.05, 0) is 45.7 Å². The van der Waals surface area contributed by atoms with Crippen molar-refractivity contribution in [3.05, 3.63) is 48.2 Å². The van der Waals surface area contributed by atoms with Crippen molar-refractivity contribution in [1.29, 1.82) is 0 Å². The van der Waals surface area contributed by atoms with Crippen molar-refractivity contribution in [2.75, 3.05) is 6.54 Å². The lowest BCUT2D eigenvalue weighted by molar-refractivity contribution is 0.0532. The van der Waals surface area contributed by atoms with Gasteiger partial charge in [-0.15, -0.1) is 4.80 Å². The molecule has 1 N–H and O–H groups in total. The Bertz CT molecular complexity index is 992. The van der Waals surface area contributed by atoms with Crippen LogP contribution in [0.4, 0.5) is 0 Å². The Kier molecular flexibility index (Phi) is 4.87. The number of hydrogen-bond donors (Lipinski definition) is 1. The summed E-state index contributed by atoms with van der Waals surface area (Å²) in [6, 6.07) is 3.48. The van der Waals surface area contributed by atoms with Crippen molar-refractivity contribution in [2.24, 2.45) is 0 Å². The largest absolute Gasteiger partial charge is 0.384 e. The van der Waals surface area contributed by atoms with E-state index in [1.54, 1.807) is 55.6 Å². The van der Waals surface area contributed by atoms with Gasteiger partial charge in [-0.2, -0.15) is 25.2 Å². The Morgan fingerprint density at radius 1 is 1.17 bits per heavy atom. The standard InChI is InChI=1S/C19H24N8O2/c1-13-6-7-14(26-23-11-16(24-26)19(2,3)29)12-25(13)18(28)15-5-4-8-20-17(15)27-21-9-10-22-27/h4-5,8-11,13-14,29H,6-7,12H2,1-3H3/t13-,14-/m1/s1. The van der Waals surface area contributed by atoms with Crippen LogP contribution in [0.25, 0.3) is 5.82 Å². The minimum Gasteiger partial charge on any atom is -0.384 e. The summed E-state index contributed by atoms with van der Waals surface area (Å²) in [6.45, 7) is 5.86. The van der Waals surface area contributed by atoms with Gasteiger partial charge in [0.05, 0.1) is 30.2 Å². The fraction of sp³-hybridized carbons (Fsp3) is 0.474. The molecule has 0 radical (unpaired) electrons. The van der Waals surface area contributed by atoms with Gasteiger partial charge in [0.25, 0.3) is 5.91 Å². The van der Waals surface area contributed by atoms with Crippen molar-refractivity contribution in [3.8, 4) is 5.82 Å². The Balaban J connectivity index is 1.60. The monoisotopic (exact) mass is 396 g/mol. The maximum Gasteiger partial charge on any atom is 0.258 e. The van der Waals surface area contributed by atoms with Crippen LogP contribution in [-0.2, 0) is 5.60 Å². The minimum atomic E-state index is -1.06. The fourth-order valence-corrected chi connectivity index (χ4v) is 3.49. The van der Waals surface area contributed by atoms with Gasteiger partial charge in [0, 0.05) is 18.8 Å². The van der Waals surface area contributed by atoms with E-state index in [-0.39, 0.29) is 18.0 Å². The van der Waals surface area contributed by atoms with Crippen molar-refractivity contribution < 1.29 is 9.90 Å². The normalized spacial score (nSPS) is 20.1. The van der Waals surface area contributed by atoms with Crippen LogP contribution in [0.15, 0.2) is 36.9 Å². The van der Waals surface area contributed by atoms with E-state index >= 15 is 0 Å². The van der Waals surface area contributed by atoms with E-state index in [1.165, 1.54) is 4.80 Å². The van der Waals surface area contributed by atoms with Crippen LogP contribution in [0, 0.1) is 0 Å². The molecule has 1 amide bonds. The quantitative estimate of drug-likeness (QED) is 0.708. The van der Waals surface area contributed by atoms with E-state index in [9.17, 15) is 9.90 Å². The molecule has 2 atom stereocenters. The van der Waals surface area contributed by atoms with Crippen molar-refractivity contribution >= 4 is 5.91 Å². The molecule has 0 unspecified atom stereocenters. The van der Waals surface area contributed by atoms with Gasteiger partial charge < -0.3 is 10.0 Å². The highest BCUT2D eigenvalue weighted by Crippen LogP contribution is 2.28. The Morgan fingerprint density at radius 2 is 1.93 bits per heavy atom. The summed E-state index contributed by atoms with van der Waals surface area (Å²) < 4.78 is 0. The fourth-order valence-electron chi connectivity index (χ4n) is 3.49. The number of piperidine rings is 1. The molecule has 0 bridgehead atoms. The molecule has 10 heteroatoms. The molecule has 29 heavy (non-hydrogen) atoms. The molecule has 0 aliphatic carbocycles. The highest BCUT2D eigenvalue weighted by Gasteiger charge is 2.33. The summed E-state index contributed by atoms with van der Waals surface area (Å²) in [5, 5.41) is 27.1. The lowest BCUT2D eigenvalue weighted by atomic mass is 9.98. The number of hydrogen-bond acceptors (Lipinski definition) is 7. The van der Waals surface area contributed by atoms with Gasteiger partial charge in [-0.25, -0.2) is 4.98 Å². The zero-order chi connectivity index (χ0) is 20.6. The molecule has 1 aliphatic rings. The first kappa shape index (κ1) is 19.2. The van der Waals surface area contributed by atoms with Gasteiger partial charge in [0.15, 0.2) is 5.82 Å². The van der Waals surface area contributed by atoms with Crippen LogP contribution in [0.1, 0.15) is 55.7 Å². The highest BCUT2D eigenvalue weighted by atomic mass is 16.3. The molecular weight excluding hydrogens is 372 g/mol. The van der Waals surface area contributed by atoms with Gasteiger partial charge in [0.1, 0.15) is 11.3 Å². The van der Waals surface area contributed by atoms with Crippen LogP contribution >= 0.6 is 0 Å². The van der Waals surface area contributed by atoms with Gasteiger partial charge in [0.2, 0.25) is 0 Å². The summed E-state index contributed by atoms with van der Waals surface area (Å²) in [4.78, 5) is 22.5. The Morgan fingerprint density at radius 3 is 2.62 bits per heavy atom. The molecular formula is C19H24N8O2. The predicted molar refractivity (Wildman–Crippen MR) is 103 cm³/mol. The molecule has 4 heterocycles. The number of pyridine rings is 1. The van der Waals surface area contributed by atoms with Crippen LogP contribution < -0.4 is 0 Å². The molecule has 0 aromatic carbocycles. The van der Waals surface area contributed by atoms with Gasteiger partial charge in [-0.3, -0.25) is 4.79 Å². The molecule has 4 rings (SSSR count). The number of amides is 1. The van der Waals surface area contributed by atoms with E-state index in [1.807, 2.05) is 11.8 Å². The molecule has 3 aromatic heterocycles. The first-order chi connectivity index (χ1) is 13.8. The van der Waals surface area contributed by atoms with Crippen LogP contribution in [0.2, 0.25) is 0 Å². The zero-order valence-corrected chi connectivity index (χ0v) is 16.7. The summed E-state index contributed by atoms with van der Waals surface area (Å²) in [5.41, 5.74) is -0.105. The number of aromatic nitrogens is 7. The smallest absolute Gasteiger partial charge is 0.258 e. The third-order valence-electron chi connectivity index (χ3n) is 5.21. The van der Waals surface area contributed by atoms with E-state index < -0.39 is 5.60 Å². The Labute approximate surface area is 168 Å². The number of nitrogens with zero attached hydrogens (tertiary/aromatic N) is 8. The second-order valence-electron chi connectivity index (χ2n) is 7.84. The van der Waals surface area contributed by atoms with Crippen LogP contribution in [-0.4, -0.2) is 63.5 Å². The van der Waals surface area contributed by atoms with Crippen LogP contribution in [0.3, 0.4) is 0 Å². The molecule has 1 aliphatic heterocycles. The molecule has 1 fully saturated rings. The minimum absolute atomic E-state index is 0.0609. The molecule has 3 aromatic rings. The molecule has 152 valence electrons. The zero-order valence-electron chi connectivity index (χ0n) is 16.7. The second kappa shape index (κ2) is 7.36. The molecule has 1 saturated heterocycles. The number of rotatable bonds is 4. The second-order valence-corrected chi connectivity index (χ2v) is 7.84. The highest BCUT2D eigenvalue weighted by molar-refractivity contribution is 5.97. The van der Waals surface area contributed by atoms with E-state index in [2.05, 4.69) is 25.4 Å². The molecule has 0 saturated carbocycles. The van der Waals surface area contributed by atoms with Crippen molar-refractivity contribution in [2.45, 2.75) is 51.3 Å². The summed E-state index contributed by atoms with van der Waals surface area (Å²) in [5.74, 6) is 0.274. The average molecular weight is 396 g/mol. The third kappa shape index (κ3) is 3.75. The SMILES string of the molecule is C[C@@H]1CC[C@@H](n2ncc(C(C)(C)O)n2)CN1C(=O)c1cccnc1-n1nccn1. The maximum atomic E-state index is 13.4. The van der Waals surface area contributed by atoms with E-state index in [0.717, 1.165) is 12.8 Å². The predicted octanol–water partition coefficient (Wildman–Crippen LogP) is 1.35. The number of aliphatic hydroxyl groups is 1. The third-order valence-corrected chi connectivity index (χ3v) is 5.21. The number of carbonyl (C=O) groups excluding carboxylic acids is 1. The summed E-state index contributed by atoms with van der Waals surface area (Å²) >= 11 is 0. The van der Waals surface area contributed by atoms with Crippen LogP contribution in [0.5, 0.6) is 0 Å². The first-order valence-corrected chi connectivity index (χ1v) is 9.62. The lowest BCUT2D eigenvalue weighted by Crippen LogP contribution is -2.46. The number of likely N-dealkylation sites (tertiary alicyclic amines) is 1. The van der Waals surface area contributed by atoms with E-state index in [4.69, 9.17) is 0 Å². The van der Waals surface area contributed by atoms with Crippen molar-refractivity contribution in [3.63, 3.8) is 0 Å². The van der Waals surface area contributed by atoms with E-state index in [0.29, 0.717) is 23.6 Å². The van der Waals surface area contributed by atoms with Gasteiger partial charge >= 0.3 is 0 Å². The van der Waals surface area contributed by atoms with Gasteiger partial charge in [-0.1, -0.05) is 0 Å². The molecule has 10 nitrogen and oxygen atoms in total. The summed E-state index contributed by atoms with van der Waals surface area (Å²) in [6.07, 6.45) is 7.96. The lowest BCUT2D eigenvalue weighted by Gasteiger charge is -2.37. The van der Waals surface area contributed by atoms with Crippen molar-refractivity contribution in [1.82, 2.24) is 39.9 Å². The first-order valence-electron chi connectivity index (χ1n) is 9.62. The number of carbonyl (C=O) groups is 1. The Hall–Kier alpha value is -3.14. The molecule has 0 spiro atoms. The topological polar surface area (TPSA) is 115 Å². The maximum absolute atomic E-state index is 13.4. The average Bonchev–Trinajstić information content (AvgIpc) is 3.40.